The van der Waals surface area contributed by atoms with Gasteiger partial charge in [-0.3, -0.25) is 10.1 Å². The molecule has 2 aromatic rings. The lowest BCUT2D eigenvalue weighted by molar-refractivity contribution is -0.120. The van der Waals surface area contributed by atoms with Crippen LogP contribution >= 0.6 is 22.9 Å². The van der Waals surface area contributed by atoms with Gasteiger partial charge in [0.1, 0.15) is 0 Å². The lowest BCUT2D eigenvalue weighted by Gasteiger charge is -1.98. The maximum atomic E-state index is 11.3. The Morgan fingerprint density at radius 3 is 3.24 bits per heavy atom. The number of rotatable bonds is 4. The first-order valence-corrected chi connectivity index (χ1v) is 5.82. The van der Waals surface area contributed by atoms with Gasteiger partial charge < -0.3 is 4.84 Å². The summed E-state index contributed by atoms with van der Waals surface area (Å²) < 4.78 is 0.913. The van der Waals surface area contributed by atoms with Crippen molar-refractivity contribution < 1.29 is 9.63 Å². The lowest BCUT2D eigenvalue weighted by Crippen LogP contribution is -2.16. The second-order valence-electron chi connectivity index (χ2n) is 3.08. The van der Waals surface area contributed by atoms with Crippen molar-refractivity contribution in [2.75, 3.05) is 11.9 Å². The van der Waals surface area contributed by atoms with Gasteiger partial charge in [0.25, 0.3) is 5.91 Å². The highest BCUT2D eigenvalue weighted by atomic mass is 35.5. The van der Waals surface area contributed by atoms with Crippen LogP contribution in [0.2, 0.25) is 5.02 Å². The maximum Gasteiger partial charge on any atom is 0.266 e. The van der Waals surface area contributed by atoms with Gasteiger partial charge in [-0.05, 0) is 18.2 Å². The van der Waals surface area contributed by atoms with Crippen molar-refractivity contribution in [1.82, 2.24) is 4.98 Å². The van der Waals surface area contributed by atoms with E-state index in [0.717, 1.165) is 10.2 Å². The quantitative estimate of drug-likeness (QED) is 0.685. The number of nitrogens with zero attached hydrogens (tertiary/aromatic N) is 2. The fourth-order valence-corrected chi connectivity index (χ4v) is 2.37. The molecule has 1 heterocycles. The predicted molar refractivity (Wildman–Crippen MR) is 68.8 cm³/mol. The largest absolute Gasteiger partial charge is 0.386 e. The number of oxime groups is 1. The number of carbonyl (C=O) groups is 1. The van der Waals surface area contributed by atoms with E-state index in [1.807, 2.05) is 0 Å². The van der Waals surface area contributed by atoms with Crippen LogP contribution in [-0.2, 0) is 9.63 Å². The van der Waals surface area contributed by atoms with Gasteiger partial charge in [0.15, 0.2) is 11.7 Å². The Bertz CT molecular complexity index is 570. The normalized spacial score (nSPS) is 10.2. The van der Waals surface area contributed by atoms with Crippen molar-refractivity contribution in [3.05, 3.63) is 23.2 Å². The van der Waals surface area contributed by atoms with Crippen LogP contribution in [0.3, 0.4) is 0 Å². The number of thiazole rings is 1. The Hall–Kier alpha value is -1.66. The van der Waals surface area contributed by atoms with E-state index in [1.54, 1.807) is 18.2 Å². The highest BCUT2D eigenvalue weighted by Crippen LogP contribution is 2.28. The van der Waals surface area contributed by atoms with Crippen LogP contribution in [0.5, 0.6) is 0 Å². The van der Waals surface area contributed by atoms with E-state index in [0.29, 0.717) is 10.2 Å². The van der Waals surface area contributed by atoms with Gasteiger partial charge >= 0.3 is 0 Å². The van der Waals surface area contributed by atoms with Gasteiger partial charge in [-0.15, -0.1) is 5.16 Å². The second kappa shape index (κ2) is 5.11. The number of carbonyl (C=O) groups excluding carboxylic acids is 1. The zero-order chi connectivity index (χ0) is 12.3. The summed E-state index contributed by atoms with van der Waals surface area (Å²) in [4.78, 5) is 20.1. The smallest absolute Gasteiger partial charge is 0.266 e. The molecule has 88 valence electrons. The van der Waals surface area contributed by atoms with Crippen molar-refractivity contribution in [2.45, 2.75) is 0 Å². The monoisotopic (exact) mass is 269 g/mol. The summed E-state index contributed by atoms with van der Waals surface area (Å²) in [7, 11) is 0. The minimum atomic E-state index is -0.331. The third kappa shape index (κ3) is 2.92. The van der Waals surface area contributed by atoms with Crippen molar-refractivity contribution in [1.29, 1.82) is 0 Å². The summed E-state index contributed by atoms with van der Waals surface area (Å²) in [5, 5.41) is 6.86. The van der Waals surface area contributed by atoms with Crippen molar-refractivity contribution >= 4 is 50.9 Å². The summed E-state index contributed by atoms with van der Waals surface area (Å²) in [6.07, 6.45) is 0. The maximum absolute atomic E-state index is 11.3. The summed E-state index contributed by atoms with van der Waals surface area (Å²) in [6, 6.07) is 5.34. The molecule has 17 heavy (non-hydrogen) atoms. The number of aromatic nitrogens is 1. The molecule has 1 aromatic carbocycles. The van der Waals surface area contributed by atoms with Crippen molar-refractivity contribution in [2.24, 2.45) is 5.16 Å². The lowest BCUT2D eigenvalue weighted by atomic mass is 10.3. The third-order valence-electron chi connectivity index (χ3n) is 1.88. The first kappa shape index (κ1) is 11.8. The average Bonchev–Trinajstić information content (AvgIpc) is 2.67. The molecule has 0 radical (unpaired) electrons. The number of fused-ring (bicyclic) bond motifs is 1. The molecule has 2 rings (SSSR count). The number of hydrogen-bond acceptors (Lipinski definition) is 5. The summed E-state index contributed by atoms with van der Waals surface area (Å²) in [5.41, 5.74) is 0.789. The molecule has 0 aliphatic carbocycles. The number of benzene rings is 1. The van der Waals surface area contributed by atoms with Crippen LogP contribution in [0.25, 0.3) is 10.2 Å². The molecule has 0 spiro atoms. The first-order chi connectivity index (χ1) is 8.19. The van der Waals surface area contributed by atoms with Crippen molar-refractivity contribution in [3.8, 4) is 0 Å². The highest BCUT2D eigenvalue weighted by Gasteiger charge is 2.08. The Morgan fingerprint density at radius 2 is 2.47 bits per heavy atom. The van der Waals surface area contributed by atoms with E-state index in [9.17, 15) is 4.79 Å². The molecular weight excluding hydrogens is 262 g/mol. The molecule has 0 aliphatic heterocycles. The molecule has 1 N–H and O–H groups in total. The fraction of sp³-hybridized carbons (Fsp3) is 0.100. The zero-order valence-electron chi connectivity index (χ0n) is 8.64. The van der Waals surface area contributed by atoms with E-state index in [4.69, 9.17) is 11.6 Å². The van der Waals surface area contributed by atoms with Gasteiger partial charge in [-0.2, -0.15) is 0 Å². The molecule has 0 saturated heterocycles. The minimum Gasteiger partial charge on any atom is -0.386 e. The molecule has 0 aliphatic rings. The first-order valence-electron chi connectivity index (χ1n) is 4.63. The van der Waals surface area contributed by atoms with Crippen LogP contribution in [-0.4, -0.2) is 24.2 Å². The Kier molecular flexibility index (Phi) is 3.55. The Balaban J connectivity index is 2.14. The predicted octanol–water partition coefficient (Wildman–Crippen LogP) is 2.52. The van der Waals surface area contributed by atoms with Crippen LogP contribution in [0.1, 0.15) is 0 Å². The van der Waals surface area contributed by atoms with Gasteiger partial charge in [0.2, 0.25) is 0 Å². The molecular formula is C10H8ClN3O2S. The van der Waals surface area contributed by atoms with E-state index < -0.39 is 0 Å². The van der Waals surface area contributed by atoms with Gasteiger partial charge in [-0.1, -0.05) is 22.9 Å². The van der Waals surface area contributed by atoms with Crippen LogP contribution < -0.4 is 5.32 Å². The van der Waals surface area contributed by atoms with Gasteiger partial charge in [-0.25, -0.2) is 4.98 Å². The molecule has 0 atom stereocenters. The summed E-state index contributed by atoms with van der Waals surface area (Å²) in [5.74, 6) is -0.331. The van der Waals surface area contributed by atoms with E-state index in [1.165, 1.54) is 11.3 Å². The highest BCUT2D eigenvalue weighted by molar-refractivity contribution is 7.22. The SMILES string of the molecule is C=NOCC(=O)Nc1nc2ccc(Cl)cc2s1. The zero-order valence-corrected chi connectivity index (χ0v) is 10.2. The molecule has 0 bridgehead atoms. The number of nitrogens with one attached hydrogen (secondary N) is 1. The van der Waals surface area contributed by atoms with E-state index >= 15 is 0 Å². The van der Waals surface area contributed by atoms with Crippen LogP contribution in [0, 0.1) is 0 Å². The topological polar surface area (TPSA) is 63.6 Å². The summed E-state index contributed by atoms with van der Waals surface area (Å²) >= 11 is 7.20. The van der Waals surface area contributed by atoms with Gasteiger partial charge in [0, 0.05) is 11.7 Å². The molecule has 0 unspecified atom stereocenters. The summed E-state index contributed by atoms with van der Waals surface area (Å²) in [6.45, 7) is 2.92. The molecule has 1 amide bonds. The molecule has 1 aromatic heterocycles. The van der Waals surface area contributed by atoms with Crippen LogP contribution in [0.4, 0.5) is 5.13 Å². The molecule has 0 fully saturated rings. The Morgan fingerprint density at radius 1 is 1.65 bits per heavy atom. The molecule has 0 saturated carbocycles. The number of halogens is 1. The second-order valence-corrected chi connectivity index (χ2v) is 4.55. The van der Waals surface area contributed by atoms with Crippen molar-refractivity contribution in [3.63, 3.8) is 0 Å². The van der Waals surface area contributed by atoms with Crippen LogP contribution in [0.15, 0.2) is 23.4 Å². The number of anilines is 1. The fourth-order valence-electron chi connectivity index (χ4n) is 1.21. The average molecular weight is 270 g/mol. The Labute approximate surface area is 106 Å². The molecule has 5 nitrogen and oxygen atoms in total. The number of hydrogen-bond donors (Lipinski definition) is 1. The molecule has 7 heteroatoms. The van der Waals surface area contributed by atoms with E-state index in [-0.39, 0.29) is 12.5 Å². The standard InChI is InChI=1S/C10H8ClN3O2S/c1-12-16-5-9(15)14-10-13-7-3-2-6(11)4-8(7)17-10/h2-4H,1,5H2,(H,13,14,15). The van der Waals surface area contributed by atoms with Gasteiger partial charge in [0.05, 0.1) is 10.2 Å². The minimum absolute atomic E-state index is 0.180. The third-order valence-corrected chi connectivity index (χ3v) is 3.05. The van der Waals surface area contributed by atoms with E-state index in [2.05, 4.69) is 27.0 Å². The number of amides is 1.